The second-order valence-corrected chi connectivity index (χ2v) is 7.44. The van der Waals surface area contributed by atoms with Crippen LogP contribution in [0, 0.1) is 6.92 Å². The fraction of sp³-hybridized carbons (Fsp3) is 0.381. The molecular formula is C21H26BrNO2. The predicted octanol–water partition coefficient (Wildman–Crippen LogP) is 5.85. The van der Waals surface area contributed by atoms with Crippen molar-refractivity contribution in [2.45, 2.75) is 53.1 Å². The smallest absolute Gasteiger partial charge is 0.265 e. The molecule has 1 amide bonds. The Balaban J connectivity index is 2.04. The summed E-state index contributed by atoms with van der Waals surface area (Å²) in [5.74, 6) is 1.01. The summed E-state index contributed by atoms with van der Waals surface area (Å²) in [6.07, 6.45) is 0.375. The van der Waals surface area contributed by atoms with Gasteiger partial charge in [0.15, 0.2) is 6.10 Å². The highest BCUT2D eigenvalue weighted by molar-refractivity contribution is 9.10. The first-order valence-corrected chi connectivity index (χ1v) is 9.47. The van der Waals surface area contributed by atoms with E-state index in [0.717, 1.165) is 16.6 Å². The first-order valence-electron chi connectivity index (χ1n) is 8.68. The second-order valence-electron chi connectivity index (χ2n) is 6.59. The molecule has 0 spiro atoms. The molecule has 3 nitrogen and oxygen atoms in total. The van der Waals surface area contributed by atoms with Crippen LogP contribution >= 0.6 is 15.9 Å². The van der Waals surface area contributed by atoms with E-state index >= 15 is 0 Å². The molecule has 0 radical (unpaired) electrons. The molecule has 0 aliphatic heterocycles. The zero-order valence-electron chi connectivity index (χ0n) is 15.5. The molecule has 134 valence electrons. The number of hydrogen-bond donors (Lipinski definition) is 1. The molecule has 0 fully saturated rings. The lowest BCUT2D eigenvalue weighted by atomic mass is 9.98. The third-order valence-corrected chi connectivity index (χ3v) is 4.90. The third kappa shape index (κ3) is 5.08. The van der Waals surface area contributed by atoms with Gasteiger partial charge in [0.05, 0.1) is 5.69 Å². The Morgan fingerprint density at radius 1 is 1.16 bits per heavy atom. The summed E-state index contributed by atoms with van der Waals surface area (Å²) in [5, 5.41) is 2.91. The summed E-state index contributed by atoms with van der Waals surface area (Å²) >= 11 is 3.51. The van der Waals surface area contributed by atoms with E-state index in [-0.39, 0.29) is 5.91 Å². The van der Waals surface area contributed by atoms with Gasteiger partial charge in [-0.3, -0.25) is 4.79 Å². The summed E-state index contributed by atoms with van der Waals surface area (Å²) in [4.78, 5) is 12.4. The van der Waals surface area contributed by atoms with Gasteiger partial charge >= 0.3 is 0 Å². The van der Waals surface area contributed by atoms with Gasteiger partial charge in [-0.2, -0.15) is 0 Å². The number of nitrogens with one attached hydrogen (secondary N) is 1. The molecule has 0 saturated heterocycles. The number of halogens is 1. The average molecular weight is 404 g/mol. The van der Waals surface area contributed by atoms with Crippen LogP contribution in [0.2, 0.25) is 0 Å². The molecule has 25 heavy (non-hydrogen) atoms. The van der Waals surface area contributed by atoms with Crippen LogP contribution in [0.15, 0.2) is 40.9 Å². The van der Waals surface area contributed by atoms with Crippen LogP contribution in [0.5, 0.6) is 5.75 Å². The molecule has 1 unspecified atom stereocenters. The Labute approximate surface area is 158 Å². The van der Waals surface area contributed by atoms with E-state index in [0.29, 0.717) is 11.7 Å². The zero-order valence-corrected chi connectivity index (χ0v) is 17.1. The van der Waals surface area contributed by atoms with Crippen LogP contribution in [-0.2, 0) is 11.2 Å². The quantitative estimate of drug-likeness (QED) is 0.656. The minimum atomic E-state index is -0.581. The summed E-state index contributed by atoms with van der Waals surface area (Å²) in [6, 6.07) is 11.9. The number of anilines is 1. The molecule has 0 aliphatic rings. The van der Waals surface area contributed by atoms with Crippen molar-refractivity contribution in [3.8, 4) is 5.75 Å². The number of amides is 1. The highest BCUT2D eigenvalue weighted by Crippen LogP contribution is 2.26. The first-order chi connectivity index (χ1) is 11.8. The predicted molar refractivity (Wildman–Crippen MR) is 108 cm³/mol. The van der Waals surface area contributed by atoms with Gasteiger partial charge in [0.1, 0.15) is 5.75 Å². The summed E-state index contributed by atoms with van der Waals surface area (Å²) in [5.41, 5.74) is 4.45. The van der Waals surface area contributed by atoms with Crippen LogP contribution < -0.4 is 10.1 Å². The minimum absolute atomic E-state index is 0.171. The van der Waals surface area contributed by atoms with Crippen molar-refractivity contribution in [2.24, 2.45) is 0 Å². The maximum atomic E-state index is 12.4. The minimum Gasteiger partial charge on any atom is -0.481 e. The molecule has 0 heterocycles. The number of carbonyl (C=O) groups is 1. The Bertz CT molecular complexity index is 756. The van der Waals surface area contributed by atoms with Crippen LogP contribution in [-0.4, -0.2) is 12.0 Å². The lowest BCUT2D eigenvalue weighted by molar-refractivity contribution is -0.122. The van der Waals surface area contributed by atoms with E-state index in [1.165, 1.54) is 16.7 Å². The largest absolute Gasteiger partial charge is 0.481 e. The van der Waals surface area contributed by atoms with Crippen molar-refractivity contribution in [3.05, 3.63) is 57.6 Å². The molecule has 1 atom stereocenters. The number of hydrogen-bond acceptors (Lipinski definition) is 2. The van der Waals surface area contributed by atoms with Gasteiger partial charge in [0.2, 0.25) is 0 Å². The highest BCUT2D eigenvalue weighted by atomic mass is 79.9. The zero-order chi connectivity index (χ0) is 18.6. The molecule has 4 heteroatoms. The molecule has 0 saturated carbocycles. The fourth-order valence-corrected chi connectivity index (χ4v) is 3.27. The van der Waals surface area contributed by atoms with Crippen molar-refractivity contribution in [2.75, 3.05) is 5.32 Å². The van der Waals surface area contributed by atoms with Gasteiger partial charge < -0.3 is 10.1 Å². The van der Waals surface area contributed by atoms with Gasteiger partial charge in [0, 0.05) is 4.47 Å². The SMILES string of the molecule is CCc1ccc(NC(=O)C(C)Oc2ccc(C(C)C)c(C)c2)c(Br)c1. The van der Waals surface area contributed by atoms with Gasteiger partial charge in [-0.15, -0.1) is 0 Å². The van der Waals surface area contributed by atoms with E-state index in [2.05, 4.69) is 55.0 Å². The van der Waals surface area contributed by atoms with E-state index in [1.54, 1.807) is 6.92 Å². The van der Waals surface area contributed by atoms with Crippen molar-refractivity contribution >= 4 is 27.5 Å². The molecule has 2 aromatic carbocycles. The molecule has 2 rings (SSSR count). The molecule has 1 N–H and O–H groups in total. The van der Waals surface area contributed by atoms with Gasteiger partial charge in [-0.05, 0) is 83.1 Å². The standard InChI is InChI=1S/C21H26BrNO2/c1-6-16-7-10-20(19(22)12-16)23-21(24)15(5)25-17-8-9-18(13(2)3)14(4)11-17/h7-13,15H,6H2,1-5H3,(H,23,24). The monoisotopic (exact) mass is 403 g/mol. The van der Waals surface area contributed by atoms with Crippen molar-refractivity contribution in [1.29, 1.82) is 0 Å². The Morgan fingerprint density at radius 2 is 1.88 bits per heavy atom. The number of benzene rings is 2. The Morgan fingerprint density at radius 3 is 2.44 bits per heavy atom. The van der Waals surface area contributed by atoms with Gasteiger partial charge in [0.25, 0.3) is 5.91 Å². The number of ether oxygens (including phenoxy) is 1. The molecule has 0 bridgehead atoms. The van der Waals surface area contributed by atoms with Crippen LogP contribution in [0.4, 0.5) is 5.69 Å². The summed E-state index contributed by atoms with van der Waals surface area (Å²) in [6.45, 7) is 10.3. The van der Waals surface area contributed by atoms with Crippen LogP contribution in [0.25, 0.3) is 0 Å². The third-order valence-electron chi connectivity index (χ3n) is 4.24. The lowest BCUT2D eigenvalue weighted by Crippen LogP contribution is -2.30. The lowest BCUT2D eigenvalue weighted by Gasteiger charge is -2.17. The summed E-state index contributed by atoms with van der Waals surface area (Å²) in [7, 11) is 0. The fourth-order valence-electron chi connectivity index (χ4n) is 2.74. The van der Waals surface area contributed by atoms with Crippen LogP contribution in [0.3, 0.4) is 0 Å². The van der Waals surface area contributed by atoms with Gasteiger partial charge in [-0.25, -0.2) is 0 Å². The highest BCUT2D eigenvalue weighted by Gasteiger charge is 2.17. The molecule has 0 aromatic heterocycles. The van der Waals surface area contributed by atoms with Crippen LogP contribution in [0.1, 0.15) is 50.3 Å². The molecule has 0 aliphatic carbocycles. The maximum absolute atomic E-state index is 12.4. The first kappa shape index (κ1) is 19.5. The van der Waals surface area contributed by atoms with E-state index < -0.39 is 6.10 Å². The Kier molecular flexibility index (Phi) is 6.65. The van der Waals surface area contributed by atoms with Gasteiger partial charge in [-0.1, -0.05) is 32.9 Å². The van der Waals surface area contributed by atoms with Crippen molar-refractivity contribution in [1.82, 2.24) is 0 Å². The maximum Gasteiger partial charge on any atom is 0.265 e. The van der Waals surface area contributed by atoms with E-state index in [9.17, 15) is 4.79 Å². The number of carbonyl (C=O) groups excluding carboxylic acids is 1. The normalized spacial score (nSPS) is 12.1. The molecular weight excluding hydrogens is 378 g/mol. The average Bonchev–Trinajstić information content (AvgIpc) is 2.56. The topological polar surface area (TPSA) is 38.3 Å². The number of aryl methyl sites for hydroxylation is 2. The van der Waals surface area contributed by atoms with Crippen molar-refractivity contribution < 1.29 is 9.53 Å². The molecule has 2 aromatic rings. The van der Waals surface area contributed by atoms with E-state index in [4.69, 9.17) is 4.74 Å². The number of rotatable bonds is 6. The van der Waals surface area contributed by atoms with E-state index in [1.807, 2.05) is 30.3 Å². The van der Waals surface area contributed by atoms with Crippen molar-refractivity contribution in [3.63, 3.8) is 0 Å². The Hall–Kier alpha value is -1.81. The summed E-state index contributed by atoms with van der Waals surface area (Å²) < 4.78 is 6.70. The second kappa shape index (κ2) is 8.52.